The van der Waals surface area contributed by atoms with E-state index in [1.165, 1.54) is 12.1 Å². The molecule has 2 aromatic rings. The summed E-state index contributed by atoms with van der Waals surface area (Å²) in [5.74, 6) is -2.67. The van der Waals surface area contributed by atoms with E-state index in [1.54, 1.807) is 0 Å². The van der Waals surface area contributed by atoms with Crippen molar-refractivity contribution in [1.29, 1.82) is 0 Å². The first-order chi connectivity index (χ1) is 8.56. The van der Waals surface area contributed by atoms with Crippen LogP contribution in [0.1, 0.15) is 22.1 Å². The Hall–Kier alpha value is -2.57. The Bertz CT molecular complexity index is 591. The van der Waals surface area contributed by atoms with Gasteiger partial charge < -0.3 is 9.52 Å². The van der Waals surface area contributed by atoms with E-state index in [-0.39, 0.29) is 17.3 Å². The van der Waals surface area contributed by atoms with Gasteiger partial charge in [-0.2, -0.15) is 0 Å². The van der Waals surface area contributed by atoms with Gasteiger partial charge in [-0.05, 0) is 24.3 Å². The summed E-state index contributed by atoms with van der Waals surface area (Å²) in [5, 5.41) is 15.4. The van der Waals surface area contributed by atoms with Gasteiger partial charge in [0.05, 0.1) is 0 Å². The smallest absolute Gasteiger partial charge is 0.312 e. The molecule has 0 spiro atoms. The minimum absolute atomic E-state index is 0.159. The number of carbonyl (C=O) groups is 2. The molecule has 1 aromatic carbocycles. The quantitative estimate of drug-likeness (QED) is 0.815. The minimum Gasteiger partial charge on any atom is -0.481 e. The summed E-state index contributed by atoms with van der Waals surface area (Å²) in [6.45, 7) is 0. The van der Waals surface area contributed by atoms with E-state index in [0.717, 1.165) is 12.1 Å². The number of aliphatic carboxylic acids is 1. The summed E-state index contributed by atoms with van der Waals surface area (Å²) < 4.78 is 17.6. The second-order valence-electron chi connectivity index (χ2n) is 3.41. The summed E-state index contributed by atoms with van der Waals surface area (Å²) >= 11 is 0. The van der Waals surface area contributed by atoms with Crippen molar-refractivity contribution in [3.8, 4) is 0 Å². The molecule has 92 valence electrons. The van der Waals surface area contributed by atoms with Crippen LogP contribution in [-0.4, -0.2) is 27.1 Å². The molecule has 0 atom stereocenters. The van der Waals surface area contributed by atoms with Gasteiger partial charge in [0.1, 0.15) is 12.2 Å². The number of nitrogens with zero attached hydrogens (tertiary/aromatic N) is 2. The van der Waals surface area contributed by atoms with Crippen LogP contribution in [0.15, 0.2) is 28.7 Å². The predicted octanol–water partition coefficient (Wildman–Crippen LogP) is 1.07. The van der Waals surface area contributed by atoms with Crippen LogP contribution in [0.3, 0.4) is 0 Å². The van der Waals surface area contributed by atoms with Gasteiger partial charge in [0, 0.05) is 5.56 Å². The fourth-order valence-corrected chi connectivity index (χ4v) is 1.27. The van der Waals surface area contributed by atoms with Crippen LogP contribution in [-0.2, 0) is 11.2 Å². The van der Waals surface area contributed by atoms with E-state index in [0.29, 0.717) is 0 Å². The molecule has 0 unspecified atom stereocenters. The maximum absolute atomic E-state index is 12.7. The Morgan fingerprint density at radius 3 is 2.50 bits per heavy atom. The third-order valence-corrected chi connectivity index (χ3v) is 2.07. The molecule has 1 N–H and O–H groups in total. The Labute approximate surface area is 100 Å². The molecule has 0 saturated carbocycles. The predicted molar refractivity (Wildman–Crippen MR) is 55.5 cm³/mol. The SMILES string of the molecule is O=C(O)Cc1nnc(C(=O)c2ccc(F)cc2)o1. The number of carboxylic acids is 1. The molecule has 0 fully saturated rings. The van der Waals surface area contributed by atoms with Gasteiger partial charge in [0.15, 0.2) is 0 Å². The number of carboxylic acid groups (broad SMARTS) is 1. The van der Waals surface area contributed by atoms with Crippen LogP contribution in [0.5, 0.6) is 0 Å². The number of benzene rings is 1. The van der Waals surface area contributed by atoms with E-state index in [2.05, 4.69) is 10.2 Å². The topological polar surface area (TPSA) is 93.3 Å². The summed E-state index contributed by atoms with van der Waals surface area (Å²) in [6, 6.07) is 4.81. The molecule has 6 nitrogen and oxygen atoms in total. The van der Waals surface area contributed by atoms with Gasteiger partial charge in [0.25, 0.3) is 5.89 Å². The molecule has 0 aliphatic carbocycles. The van der Waals surface area contributed by atoms with Crippen molar-refractivity contribution in [2.45, 2.75) is 6.42 Å². The maximum Gasteiger partial charge on any atom is 0.312 e. The van der Waals surface area contributed by atoms with Crippen LogP contribution in [0.25, 0.3) is 0 Å². The van der Waals surface area contributed by atoms with Crippen molar-refractivity contribution in [3.05, 3.63) is 47.4 Å². The van der Waals surface area contributed by atoms with Crippen LogP contribution >= 0.6 is 0 Å². The summed E-state index contributed by atoms with van der Waals surface area (Å²) in [5.41, 5.74) is 0.182. The molecule has 1 heterocycles. The van der Waals surface area contributed by atoms with Gasteiger partial charge in [0.2, 0.25) is 11.7 Å². The van der Waals surface area contributed by atoms with Crippen molar-refractivity contribution in [2.75, 3.05) is 0 Å². The van der Waals surface area contributed by atoms with Gasteiger partial charge in [-0.25, -0.2) is 4.39 Å². The number of halogens is 1. The molecule has 2 rings (SSSR count). The molecular formula is C11H7FN2O4. The van der Waals surface area contributed by atoms with E-state index < -0.39 is 24.0 Å². The Balaban J connectivity index is 2.21. The first kappa shape index (κ1) is 11.9. The zero-order chi connectivity index (χ0) is 13.1. The lowest BCUT2D eigenvalue weighted by molar-refractivity contribution is -0.136. The molecule has 0 saturated heterocycles. The average molecular weight is 250 g/mol. The monoisotopic (exact) mass is 250 g/mol. The zero-order valence-electron chi connectivity index (χ0n) is 8.96. The van der Waals surface area contributed by atoms with Gasteiger partial charge >= 0.3 is 5.97 Å². The first-order valence-corrected chi connectivity index (χ1v) is 4.90. The Kier molecular flexibility index (Phi) is 3.13. The van der Waals surface area contributed by atoms with Gasteiger partial charge in [-0.15, -0.1) is 10.2 Å². The second kappa shape index (κ2) is 4.74. The molecule has 0 bridgehead atoms. The molecule has 18 heavy (non-hydrogen) atoms. The highest BCUT2D eigenvalue weighted by atomic mass is 19.1. The molecule has 1 aromatic heterocycles. The zero-order valence-corrected chi connectivity index (χ0v) is 8.96. The van der Waals surface area contributed by atoms with Crippen molar-refractivity contribution in [3.63, 3.8) is 0 Å². The lowest BCUT2D eigenvalue weighted by Gasteiger charge is -1.95. The molecule has 7 heteroatoms. The van der Waals surface area contributed by atoms with E-state index >= 15 is 0 Å². The Morgan fingerprint density at radius 1 is 1.22 bits per heavy atom. The van der Waals surface area contributed by atoms with Crippen molar-refractivity contribution in [2.24, 2.45) is 0 Å². The Morgan fingerprint density at radius 2 is 1.89 bits per heavy atom. The van der Waals surface area contributed by atoms with Crippen molar-refractivity contribution < 1.29 is 23.5 Å². The molecule has 0 radical (unpaired) electrons. The van der Waals surface area contributed by atoms with Crippen LogP contribution < -0.4 is 0 Å². The number of hydrogen-bond donors (Lipinski definition) is 1. The number of rotatable bonds is 4. The maximum atomic E-state index is 12.7. The number of hydrogen-bond acceptors (Lipinski definition) is 5. The third-order valence-electron chi connectivity index (χ3n) is 2.07. The highest BCUT2D eigenvalue weighted by Gasteiger charge is 2.18. The lowest BCUT2D eigenvalue weighted by Crippen LogP contribution is -2.01. The first-order valence-electron chi connectivity index (χ1n) is 4.90. The van der Waals surface area contributed by atoms with Crippen LogP contribution in [0, 0.1) is 5.82 Å². The standard InChI is InChI=1S/C11H7FN2O4/c12-7-3-1-6(2-4-7)10(17)11-14-13-8(18-11)5-9(15)16/h1-4H,5H2,(H,15,16). The molecule has 0 amide bonds. The summed E-state index contributed by atoms with van der Waals surface area (Å²) in [4.78, 5) is 22.2. The molecular weight excluding hydrogens is 243 g/mol. The molecule has 0 aliphatic rings. The fourth-order valence-electron chi connectivity index (χ4n) is 1.27. The van der Waals surface area contributed by atoms with Crippen molar-refractivity contribution >= 4 is 11.8 Å². The third kappa shape index (κ3) is 2.57. The number of aromatic nitrogens is 2. The van der Waals surface area contributed by atoms with Crippen LogP contribution in [0.4, 0.5) is 4.39 Å². The van der Waals surface area contributed by atoms with E-state index in [9.17, 15) is 14.0 Å². The minimum atomic E-state index is -1.14. The normalized spacial score (nSPS) is 10.3. The highest BCUT2D eigenvalue weighted by Crippen LogP contribution is 2.10. The van der Waals surface area contributed by atoms with Gasteiger partial charge in [-0.3, -0.25) is 9.59 Å². The van der Waals surface area contributed by atoms with Crippen molar-refractivity contribution in [1.82, 2.24) is 10.2 Å². The average Bonchev–Trinajstić information content (AvgIpc) is 2.76. The number of ketones is 1. The van der Waals surface area contributed by atoms with E-state index in [1.807, 2.05) is 0 Å². The van der Waals surface area contributed by atoms with Gasteiger partial charge in [-0.1, -0.05) is 0 Å². The van der Waals surface area contributed by atoms with Crippen LogP contribution in [0.2, 0.25) is 0 Å². The summed E-state index contributed by atoms with van der Waals surface area (Å²) in [6.07, 6.45) is -0.455. The lowest BCUT2D eigenvalue weighted by atomic mass is 10.1. The fraction of sp³-hybridized carbons (Fsp3) is 0.0909. The largest absolute Gasteiger partial charge is 0.481 e. The second-order valence-corrected chi connectivity index (χ2v) is 3.41. The summed E-state index contributed by atoms with van der Waals surface area (Å²) in [7, 11) is 0. The number of carbonyl (C=O) groups excluding carboxylic acids is 1. The molecule has 0 aliphatic heterocycles. The highest BCUT2D eigenvalue weighted by molar-refractivity contribution is 6.05. The van der Waals surface area contributed by atoms with E-state index in [4.69, 9.17) is 9.52 Å².